The van der Waals surface area contributed by atoms with Gasteiger partial charge in [0.2, 0.25) is 5.91 Å². The molecule has 1 fully saturated rings. The molecule has 2 amide bonds. The van der Waals surface area contributed by atoms with Crippen molar-refractivity contribution in [3.8, 4) is 5.75 Å². The average molecular weight is 542 g/mol. The molecular formula is C24H27BrCl2N2O3. The molecule has 1 aliphatic carbocycles. The lowest BCUT2D eigenvalue weighted by Crippen LogP contribution is -2.50. The van der Waals surface area contributed by atoms with Gasteiger partial charge < -0.3 is 15.0 Å². The summed E-state index contributed by atoms with van der Waals surface area (Å²) in [6, 6.07) is 10.2. The van der Waals surface area contributed by atoms with Crippen LogP contribution >= 0.6 is 39.1 Å². The third-order valence-electron chi connectivity index (χ3n) is 5.70. The molecule has 1 N–H and O–H groups in total. The standard InChI is InChI=1S/C24H27BrCl2N2O3/c1-15-11-19(8-9-20(15)25)32-14-23(30)29(13-17-7-10-21(26)22(27)12-17)16(2)24(31)28-18-5-3-4-6-18/h7-12,16,18H,3-6,13-14H2,1-2H3,(H,28,31). The van der Waals surface area contributed by atoms with Crippen LogP contribution in [0.3, 0.4) is 0 Å². The van der Waals surface area contributed by atoms with Gasteiger partial charge in [-0.15, -0.1) is 0 Å². The number of carbonyl (C=O) groups excluding carboxylic acids is 2. The second-order valence-corrected chi connectivity index (χ2v) is 9.80. The fourth-order valence-electron chi connectivity index (χ4n) is 3.74. The number of amides is 2. The van der Waals surface area contributed by atoms with Crippen molar-refractivity contribution >= 4 is 50.9 Å². The van der Waals surface area contributed by atoms with E-state index in [1.165, 1.54) is 4.90 Å². The number of ether oxygens (including phenoxy) is 1. The second-order valence-electron chi connectivity index (χ2n) is 8.14. The Morgan fingerprint density at radius 1 is 1.16 bits per heavy atom. The van der Waals surface area contributed by atoms with Gasteiger partial charge in [0.25, 0.3) is 5.91 Å². The Morgan fingerprint density at radius 3 is 2.53 bits per heavy atom. The Kier molecular flexibility index (Phi) is 8.86. The zero-order chi connectivity index (χ0) is 23.3. The molecule has 0 heterocycles. The number of nitrogens with one attached hydrogen (secondary N) is 1. The predicted molar refractivity (Wildman–Crippen MR) is 131 cm³/mol. The first-order chi connectivity index (χ1) is 15.2. The van der Waals surface area contributed by atoms with E-state index < -0.39 is 6.04 Å². The molecule has 0 bridgehead atoms. The van der Waals surface area contributed by atoms with Crippen LogP contribution in [-0.2, 0) is 16.1 Å². The molecule has 0 aliphatic heterocycles. The van der Waals surface area contributed by atoms with Gasteiger partial charge in [-0.2, -0.15) is 0 Å². The zero-order valence-corrected chi connectivity index (χ0v) is 21.3. The zero-order valence-electron chi connectivity index (χ0n) is 18.2. The summed E-state index contributed by atoms with van der Waals surface area (Å²) in [5.74, 6) is 0.145. The fourth-order valence-corrected chi connectivity index (χ4v) is 4.31. The van der Waals surface area contributed by atoms with Gasteiger partial charge in [0, 0.05) is 17.1 Å². The van der Waals surface area contributed by atoms with Crippen molar-refractivity contribution in [1.29, 1.82) is 0 Å². The summed E-state index contributed by atoms with van der Waals surface area (Å²) in [5.41, 5.74) is 1.79. The number of aryl methyl sites for hydroxylation is 1. The van der Waals surface area contributed by atoms with Crippen LogP contribution in [0.15, 0.2) is 40.9 Å². The number of halogens is 3. The highest BCUT2D eigenvalue weighted by molar-refractivity contribution is 9.10. The maximum Gasteiger partial charge on any atom is 0.261 e. The summed E-state index contributed by atoms with van der Waals surface area (Å²) < 4.78 is 6.70. The summed E-state index contributed by atoms with van der Waals surface area (Å²) in [4.78, 5) is 27.6. The number of carbonyl (C=O) groups is 2. The van der Waals surface area contributed by atoms with Crippen molar-refractivity contribution in [2.45, 2.75) is 58.2 Å². The largest absolute Gasteiger partial charge is 0.484 e. The van der Waals surface area contributed by atoms with Crippen molar-refractivity contribution in [2.24, 2.45) is 0 Å². The fraction of sp³-hybridized carbons (Fsp3) is 0.417. The Hall–Kier alpha value is -1.76. The van der Waals surface area contributed by atoms with Crippen molar-refractivity contribution in [3.05, 3.63) is 62.0 Å². The molecule has 0 radical (unpaired) electrons. The van der Waals surface area contributed by atoms with Gasteiger partial charge in [0.15, 0.2) is 6.61 Å². The smallest absolute Gasteiger partial charge is 0.261 e. The third-order valence-corrected chi connectivity index (χ3v) is 7.33. The van der Waals surface area contributed by atoms with Crippen LogP contribution in [0.2, 0.25) is 10.0 Å². The molecule has 3 rings (SSSR count). The monoisotopic (exact) mass is 540 g/mol. The van der Waals surface area contributed by atoms with E-state index in [0.717, 1.165) is 41.3 Å². The number of benzene rings is 2. The number of hydrogen-bond acceptors (Lipinski definition) is 3. The first-order valence-corrected chi connectivity index (χ1v) is 12.2. The summed E-state index contributed by atoms with van der Waals surface area (Å²) in [7, 11) is 0. The van der Waals surface area contributed by atoms with Crippen LogP contribution in [0, 0.1) is 6.92 Å². The van der Waals surface area contributed by atoms with Gasteiger partial charge in [0.1, 0.15) is 11.8 Å². The van der Waals surface area contributed by atoms with Crippen LogP contribution in [0.5, 0.6) is 5.75 Å². The number of rotatable bonds is 8. The molecule has 0 spiro atoms. The molecule has 32 heavy (non-hydrogen) atoms. The molecular weight excluding hydrogens is 515 g/mol. The van der Waals surface area contributed by atoms with E-state index in [9.17, 15) is 9.59 Å². The Morgan fingerprint density at radius 2 is 1.88 bits per heavy atom. The SMILES string of the molecule is Cc1cc(OCC(=O)N(Cc2ccc(Cl)c(Cl)c2)C(C)C(=O)NC2CCCC2)ccc1Br. The highest BCUT2D eigenvalue weighted by Gasteiger charge is 2.29. The van der Waals surface area contributed by atoms with Gasteiger partial charge in [-0.25, -0.2) is 0 Å². The van der Waals surface area contributed by atoms with Crippen molar-refractivity contribution < 1.29 is 14.3 Å². The predicted octanol–water partition coefficient (Wildman–Crippen LogP) is 5.92. The molecule has 5 nitrogen and oxygen atoms in total. The molecule has 0 aromatic heterocycles. The molecule has 0 saturated heterocycles. The average Bonchev–Trinajstić information content (AvgIpc) is 3.27. The second kappa shape index (κ2) is 11.4. The highest BCUT2D eigenvalue weighted by Crippen LogP contribution is 2.25. The molecule has 1 saturated carbocycles. The van der Waals surface area contributed by atoms with Crippen LogP contribution < -0.4 is 10.1 Å². The van der Waals surface area contributed by atoms with E-state index in [0.29, 0.717) is 15.8 Å². The molecule has 172 valence electrons. The lowest BCUT2D eigenvalue weighted by atomic mass is 10.1. The first-order valence-electron chi connectivity index (χ1n) is 10.7. The molecule has 1 unspecified atom stereocenters. The van der Waals surface area contributed by atoms with E-state index in [2.05, 4.69) is 21.2 Å². The topological polar surface area (TPSA) is 58.6 Å². The number of hydrogen-bond donors (Lipinski definition) is 1. The summed E-state index contributed by atoms with van der Waals surface area (Å²) in [5, 5.41) is 3.92. The van der Waals surface area contributed by atoms with Crippen LogP contribution in [-0.4, -0.2) is 35.4 Å². The van der Waals surface area contributed by atoms with Gasteiger partial charge >= 0.3 is 0 Å². The van der Waals surface area contributed by atoms with E-state index in [1.807, 2.05) is 19.1 Å². The third kappa shape index (κ3) is 6.63. The highest BCUT2D eigenvalue weighted by atomic mass is 79.9. The van der Waals surface area contributed by atoms with Crippen molar-refractivity contribution in [1.82, 2.24) is 10.2 Å². The van der Waals surface area contributed by atoms with Gasteiger partial charge in [-0.1, -0.05) is 58.0 Å². The molecule has 1 aliphatic rings. The quantitative estimate of drug-likeness (QED) is 0.451. The summed E-state index contributed by atoms with van der Waals surface area (Å²) >= 11 is 15.6. The Labute approximate surface area is 207 Å². The molecule has 2 aromatic carbocycles. The van der Waals surface area contributed by atoms with Crippen molar-refractivity contribution in [3.63, 3.8) is 0 Å². The lowest BCUT2D eigenvalue weighted by Gasteiger charge is -2.29. The lowest BCUT2D eigenvalue weighted by molar-refractivity contribution is -0.142. The van der Waals surface area contributed by atoms with E-state index >= 15 is 0 Å². The summed E-state index contributed by atoms with van der Waals surface area (Å²) in [6.45, 7) is 3.73. The van der Waals surface area contributed by atoms with E-state index in [-0.39, 0.29) is 31.0 Å². The first kappa shape index (κ1) is 24.9. The number of nitrogens with zero attached hydrogens (tertiary/aromatic N) is 1. The Balaban J connectivity index is 1.74. The normalized spacial score (nSPS) is 14.8. The Bertz CT molecular complexity index is 980. The van der Waals surface area contributed by atoms with Gasteiger partial charge in [-0.3, -0.25) is 9.59 Å². The van der Waals surface area contributed by atoms with Crippen LogP contribution in [0.4, 0.5) is 0 Å². The minimum absolute atomic E-state index is 0.162. The van der Waals surface area contributed by atoms with E-state index in [4.69, 9.17) is 27.9 Å². The maximum atomic E-state index is 13.2. The minimum atomic E-state index is -0.659. The summed E-state index contributed by atoms with van der Waals surface area (Å²) in [6.07, 6.45) is 4.19. The van der Waals surface area contributed by atoms with Crippen molar-refractivity contribution in [2.75, 3.05) is 6.61 Å². The van der Waals surface area contributed by atoms with Gasteiger partial charge in [0.05, 0.1) is 10.0 Å². The van der Waals surface area contributed by atoms with E-state index in [1.54, 1.807) is 31.2 Å². The molecule has 1 atom stereocenters. The van der Waals surface area contributed by atoms with Crippen LogP contribution in [0.1, 0.15) is 43.7 Å². The minimum Gasteiger partial charge on any atom is -0.484 e. The maximum absolute atomic E-state index is 13.2. The van der Waals surface area contributed by atoms with Crippen LogP contribution in [0.25, 0.3) is 0 Å². The molecule has 2 aromatic rings. The molecule has 8 heteroatoms. The van der Waals surface area contributed by atoms with Gasteiger partial charge in [-0.05, 0) is 68.1 Å².